The van der Waals surface area contributed by atoms with E-state index in [9.17, 15) is 14.4 Å². The van der Waals surface area contributed by atoms with E-state index in [1.165, 1.54) is 0 Å². The van der Waals surface area contributed by atoms with Crippen LogP contribution in [0.2, 0.25) is 0 Å². The summed E-state index contributed by atoms with van der Waals surface area (Å²) in [4.78, 5) is 42.2. The highest BCUT2D eigenvalue weighted by Gasteiger charge is 2.39. The first kappa shape index (κ1) is 29.9. The minimum absolute atomic E-state index is 0.235. The number of carbonyl (C=O) groups is 3. The van der Waals surface area contributed by atoms with E-state index in [4.69, 9.17) is 4.74 Å². The molecule has 3 amide bonds. The van der Waals surface area contributed by atoms with E-state index >= 15 is 0 Å². The van der Waals surface area contributed by atoms with Crippen LogP contribution in [-0.4, -0.2) is 40.5 Å². The summed E-state index contributed by atoms with van der Waals surface area (Å²) in [6, 6.07) is 11.3. The highest BCUT2D eigenvalue weighted by Crippen LogP contribution is 2.29. The summed E-state index contributed by atoms with van der Waals surface area (Å²) in [5, 5.41) is 5.83. The molecule has 0 fully saturated rings. The molecule has 7 nitrogen and oxygen atoms in total. The van der Waals surface area contributed by atoms with E-state index in [0.29, 0.717) is 5.56 Å². The first-order valence-corrected chi connectivity index (χ1v) is 12.9. The maximum Gasteiger partial charge on any atom is 0.408 e. The molecule has 37 heavy (non-hydrogen) atoms. The van der Waals surface area contributed by atoms with Crippen LogP contribution in [0.5, 0.6) is 0 Å². The Hall–Kier alpha value is -3.35. The van der Waals surface area contributed by atoms with E-state index in [0.717, 1.165) is 22.4 Å². The van der Waals surface area contributed by atoms with Crippen molar-refractivity contribution in [1.29, 1.82) is 0 Å². The molecule has 0 spiro atoms. The molecule has 7 heteroatoms. The molecule has 2 aromatic carbocycles. The second-order valence-electron chi connectivity index (χ2n) is 11.3. The van der Waals surface area contributed by atoms with Gasteiger partial charge in [0.25, 0.3) is 5.91 Å². The Labute approximate surface area is 222 Å². The third-order valence-corrected chi connectivity index (χ3v) is 6.03. The number of nitrogens with zero attached hydrogens (tertiary/aromatic N) is 1. The monoisotopic (exact) mass is 509 g/mol. The minimum atomic E-state index is -0.909. The van der Waals surface area contributed by atoms with Crippen LogP contribution in [0.15, 0.2) is 42.5 Å². The number of aryl methyl sites for hydroxylation is 3. The van der Waals surface area contributed by atoms with Gasteiger partial charge < -0.3 is 20.3 Å². The van der Waals surface area contributed by atoms with Crippen molar-refractivity contribution in [3.05, 3.63) is 64.7 Å². The number of alkyl carbamates (subject to hydrolysis) is 1. The van der Waals surface area contributed by atoms with Crippen LogP contribution in [0, 0.1) is 26.7 Å². The fourth-order valence-corrected chi connectivity index (χ4v) is 4.27. The smallest absolute Gasteiger partial charge is 0.408 e. The van der Waals surface area contributed by atoms with Gasteiger partial charge in [0, 0.05) is 11.7 Å². The van der Waals surface area contributed by atoms with Gasteiger partial charge in [0.1, 0.15) is 17.7 Å². The SMILES string of the molecule is Cc1cccc(C(C(=O)Nc2c(C)cccc2C)N(C(=O)C(NC(=O)OC(C)(C)C)C(C)C)C(C)C)c1. The van der Waals surface area contributed by atoms with Gasteiger partial charge in [-0.1, -0.05) is 61.9 Å². The van der Waals surface area contributed by atoms with Gasteiger partial charge in [-0.3, -0.25) is 9.59 Å². The van der Waals surface area contributed by atoms with Crippen LogP contribution in [0.3, 0.4) is 0 Å². The van der Waals surface area contributed by atoms with E-state index in [-0.39, 0.29) is 23.8 Å². The molecular formula is C30H43N3O4. The molecule has 0 saturated heterocycles. The predicted octanol–water partition coefficient (Wildman–Crippen LogP) is 6.08. The molecule has 2 unspecified atom stereocenters. The molecule has 2 rings (SSSR count). The predicted molar refractivity (Wildman–Crippen MR) is 148 cm³/mol. The Balaban J connectivity index is 2.55. The van der Waals surface area contributed by atoms with Gasteiger partial charge in [0.05, 0.1) is 0 Å². The quantitative estimate of drug-likeness (QED) is 0.452. The maximum atomic E-state index is 14.1. The largest absolute Gasteiger partial charge is 0.444 e. The normalized spacial score (nSPS) is 13.2. The van der Waals surface area contributed by atoms with Crippen molar-refractivity contribution < 1.29 is 19.1 Å². The number of hydrogen-bond donors (Lipinski definition) is 2. The van der Waals surface area contributed by atoms with Crippen LogP contribution >= 0.6 is 0 Å². The zero-order chi connectivity index (χ0) is 28.1. The van der Waals surface area contributed by atoms with Crippen molar-refractivity contribution in [1.82, 2.24) is 10.2 Å². The highest BCUT2D eigenvalue weighted by molar-refractivity contribution is 6.00. The number of rotatable bonds is 8. The van der Waals surface area contributed by atoms with Crippen LogP contribution < -0.4 is 10.6 Å². The topological polar surface area (TPSA) is 87.7 Å². The van der Waals surface area contributed by atoms with Gasteiger partial charge in [0.15, 0.2) is 0 Å². The number of hydrogen-bond acceptors (Lipinski definition) is 4. The third-order valence-electron chi connectivity index (χ3n) is 6.03. The minimum Gasteiger partial charge on any atom is -0.444 e. The standard InChI is InChI=1S/C30H43N3O4/c1-18(2)24(32-29(36)37-30(8,9)10)28(35)33(19(3)4)26(23-16-11-13-20(5)17-23)27(34)31-25-21(6)14-12-15-22(25)7/h11-19,24,26H,1-10H3,(H,31,34)(H,32,36). The maximum absolute atomic E-state index is 14.1. The van der Waals surface area contributed by atoms with E-state index in [2.05, 4.69) is 10.6 Å². The van der Waals surface area contributed by atoms with Gasteiger partial charge in [0.2, 0.25) is 5.91 Å². The molecule has 0 aliphatic carbocycles. The van der Waals surface area contributed by atoms with Gasteiger partial charge in [-0.25, -0.2) is 4.79 Å². The van der Waals surface area contributed by atoms with Crippen molar-refractivity contribution in [2.45, 2.75) is 93.0 Å². The Bertz CT molecular complexity index is 1100. The molecule has 0 bridgehead atoms. The highest BCUT2D eigenvalue weighted by atomic mass is 16.6. The molecule has 2 atom stereocenters. The van der Waals surface area contributed by atoms with E-state index < -0.39 is 23.8 Å². The van der Waals surface area contributed by atoms with Crippen LogP contribution in [-0.2, 0) is 14.3 Å². The summed E-state index contributed by atoms with van der Waals surface area (Å²) < 4.78 is 5.42. The van der Waals surface area contributed by atoms with Gasteiger partial charge in [-0.15, -0.1) is 0 Å². The molecule has 0 aliphatic heterocycles. The number of carbonyl (C=O) groups excluding carboxylic acids is 3. The van der Waals surface area contributed by atoms with Crippen molar-refractivity contribution in [3.63, 3.8) is 0 Å². The van der Waals surface area contributed by atoms with Crippen molar-refractivity contribution >= 4 is 23.6 Å². The number of benzene rings is 2. The van der Waals surface area contributed by atoms with Crippen molar-refractivity contribution in [2.75, 3.05) is 5.32 Å². The third kappa shape index (κ3) is 8.07. The van der Waals surface area contributed by atoms with Crippen molar-refractivity contribution in [3.8, 4) is 0 Å². The van der Waals surface area contributed by atoms with Crippen molar-refractivity contribution in [2.24, 2.45) is 5.92 Å². The molecule has 0 aliphatic rings. The van der Waals surface area contributed by atoms with Gasteiger partial charge >= 0.3 is 6.09 Å². The Morgan fingerprint density at radius 1 is 0.892 bits per heavy atom. The average molecular weight is 510 g/mol. The molecule has 0 heterocycles. The molecular weight excluding hydrogens is 466 g/mol. The molecule has 2 aromatic rings. The lowest BCUT2D eigenvalue weighted by molar-refractivity contribution is -0.143. The fraction of sp³-hybridized carbons (Fsp3) is 0.500. The van der Waals surface area contributed by atoms with Crippen LogP contribution in [0.25, 0.3) is 0 Å². The number of amides is 3. The second-order valence-corrected chi connectivity index (χ2v) is 11.3. The summed E-state index contributed by atoms with van der Waals surface area (Å²) in [7, 11) is 0. The second kappa shape index (κ2) is 12.3. The van der Waals surface area contributed by atoms with Gasteiger partial charge in [-0.05, 0) is 78.0 Å². The number of para-hydroxylation sites is 1. The lowest BCUT2D eigenvalue weighted by Gasteiger charge is -2.38. The first-order chi connectivity index (χ1) is 17.1. The molecule has 0 saturated carbocycles. The lowest BCUT2D eigenvalue weighted by atomic mass is 9.96. The number of ether oxygens (including phenoxy) is 1. The van der Waals surface area contributed by atoms with E-state index in [1.807, 2.05) is 90.9 Å². The molecule has 202 valence electrons. The fourth-order valence-electron chi connectivity index (χ4n) is 4.27. The summed E-state index contributed by atoms with van der Waals surface area (Å²) in [5.74, 6) is -0.898. The Morgan fingerprint density at radius 3 is 1.95 bits per heavy atom. The lowest BCUT2D eigenvalue weighted by Crippen LogP contribution is -2.56. The summed E-state index contributed by atoms with van der Waals surface area (Å²) in [6.07, 6.45) is -0.671. The van der Waals surface area contributed by atoms with E-state index in [1.54, 1.807) is 25.7 Å². The first-order valence-electron chi connectivity index (χ1n) is 12.9. The molecule has 0 aromatic heterocycles. The number of anilines is 1. The van der Waals surface area contributed by atoms with Crippen LogP contribution in [0.1, 0.15) is 76.8 Å². The zero-order valence-corrected chi connectivity index (χ0v) is 23.9. The zero-order valence-electron chi connectivity index (χ0n) is 23.9. The summed E-state index contributed by atoms with van der Waals surface area (Å²) in [5.41, 5.74) is 3.57. The summed E-state index contributed by atoms with van der Waals surface area (Å²) >= 11 is 0. The Morgan fingerprint density at radius 2 is 1.46 bits per heavy atom. The Kier molecular flexibility index (Phi) is 9.90. The van der Waals surface area contributed by atoms with Gasteiger partial charge in [-0.2, -0.15) is 0 Å². The molecule has 0 radical (unpaired) electrons. The van der Waals surface area contributed by atoms with Crippen LogP contribution in [0.4, 0.5) is 10.5 Å². The average Bonchev–Trinajstić information content (AvgIpc) is 2.76. The summed E-state index contributed by atoms with van der Waals surface area (Å²) in [6.45, 7) is 18.6. The molecule has 2 N–H and O–H groups in total. The number of nitrogens with one attached hydrogen (secondary N) is 2.